The molecule has 2 N–H and O–H groups in total. The molecule has 0 spiro atoms. The van der Waals surface area contributed by atoms with Crippen LogP contribution < -0.4 is 24.8 Å². The third kappa shape index (κ3) is 7.41. The summed E-state index contributed by atoms with van der Waals surface area (Å²) in [5, 5.41) is 4.85. The van der Waals surface area contributed by atoms with Crippen molar-refractivity contribution >= 4 is 52.2 Å². The molecule has 3 aromatic rings. The van der Waals surface area contributed by atoms with Crippen LogP contribution in [0.1, 0.15) is 12.5 Å². The summed E-state index contributed by atoms with van der Waals surface area (Å²) in [7, 11) is 1.45. The Bertz CT molecular complexity index is 1430. The van der Waals surface area contributed by atoms with Crippen LogP contribution in [0.3, 0.4) is 0 Å². The van der Waals surface area contributed by atoms with Crippen molar-refractivity contribution < 1.29 is 33.4 Å². The van der Waals surface area contributed by atoms with Gasteiger partial charge in [-0.2, -0.15) is 0 Å². The smallest absolute Gasteiger partial charge is 0.294 e. The molecule has 0 unspecified atom stereocenters. The highest BCUT2D eigenvalue weighted by Crippen LogP contribution is 2.34. The molecule has 1 saturated heterocycles. The Morgan fingerprint density at radius 1 is 0.875 bits per heavy atom. The average Bonchev–Trinajstić information content (AvgIpc) is 3.21. The van der Waals surface area contributed by atoms with Crippen LogP contribution in [-0.2, 0) is 14.4 Å². The highest BCUT2D eigenvalue weighted by atomic mass is 32.2. The van der Waals surface area contributed by atoms with E-state index in [1.807, 2.05) is 25.1 Å². The maximum atomic E-state index is 12.9. The van der Waals surface area contributed by atoms with Gasteiger partial charge in [0.1, 0.15) is 12.3 Å². The SMILES string of the molecule is CCOc1ccc(NC(=O)CN2C(=O)S/C(=C/c3ccc(OCC(=O)Nc4ccccc4)c(OC)c3)C2=O)cc1. The zero-order chi connectivity index (χ0) is 28.5. The second-order valence-corrected chi connectivity index (χ2v) is 9.38. The van der Waals surface area contributed by atoms with Crippen molar-refractivity contribution in [3.8, 4) is 17.2 Å². The lowest BCUT2D eigenvalue weighted by molar-refractivity contribution is -0.127. The zero-order valence-corrected chi connectivity index (χ0v) is 22.7. The van der Waals surface area contributed by atoms with E-state index in [1.165, 1.54) is 13.2 Å². The van der Waals surface area contributed by atoms with Crippen molar-refractivity contribution in [2.24, 2.45) is 0 Å². The molecule has 0 radical (unpaired) electrons. The van der Waals surface area contributed by atoms with Crippen molar-refractivity contribution in [3.05, 3.63) is 83.3 Å². The summed E-state index contributed by atoms with van der Waals surface area (Å²) in [6.45, 7) is 1.74. The molecule has 1 aliphatic heterocycles. The van der Waals surface area contributed by atoms with Crippen LogP contribution in [0.4, 0.5) is 16.2 Å². The van der Waals surface area contributed by atoms with E-state index in [0.717, 1.165) is 16.7 Å². The first kappa shape index (κ1) is 28.2. The van der Waals surface area contributed by atoms with Crippen LogP contribution >= 0.6 is 11.8 Å². The van der Waals surface area contributed by atoms with Crippen LogP contribution in [-0.4, -0.2) is 54.7 Å². The van der Waals surface area contributed by atoms with E-state index in [9.17, 15) is 19.2 Å². The average molecular weight is 562 g/mol. The molecule has 0 saturated carbocycles. The van der Waals surface area contributed by atoms with Gasteiger partial charge in [-0.15, -0.1) is 0 Å². The van der Waals surface area contributed by atoms with Crippen molar-refractivity contribution in [1.82, 2.24) is 4.90 Å². The third-order valence-corrected chi connectivity index (χ3v) is 6.43. The van der Waals surface area contributed by atoms with Gasteiger partial charge in [0.15, 0.2) is 18.1 Å². The highest BCUT2D eigenvalue weighted by Gasteiger charge is 2.36. The molecule has 1 fully saturated rings. The van der Waals surface area contributed by atoms with E-state index in [0.29, 0.717) is 40.8 Å². The molecule has 0 bridgehead atoms. The molecule has 206 valence electrons. The number of carbonyl (C=O) groups excluding carboxylic acids is 4. The molecule has 1 heterocycles. The number of benzene rings is 3. The van der Waals surface area contributed by atoms with E-state index < -0.39 is 23.6 Å². The topological polar surface area (TPSA) is 123 Å². The normalized spacial score (nSPS) is 13.8. The number of amides is 4. The number of hydrogen-bond donors (Lipinski definition) is 2. The summed E-state index contributed by atoms with van der Waals surface area (Å²) in [6.07, 6.45) is 1.53. The fourth-order valence-electron chi connectivity index (χ4n) is 3.69. The lowest BCUT2D eigenvalue weighted by Gasteiger charge is -2.13. The van der Waals surface area contributed by atoms with Gasteiger partial charge in [0.25, 0.3) is 17.1 Å². The number of nitrogens with zero attached hydrogens (tertiary/aromatic N) is 1. The van der Waals surface area contributed by atoms with E-state index in [1.54, 1.807) is 54.6 Å². The highest BCUT2D eigenvalue weighted by molar-refractivity contribution is 8.18. The molecule has 0 atom stereocenters. The Balaban J connectivity index is 1.36. The predicted octanol–water partition coefficient (Wildman–Crippen LogP) is 4.79. The molecule has 0 aliphatic carbocycles. The van der Waals surface area contributed by atoms with Crippen molar-refractivity contribution in [2.75, 3.05) is 37.5 Å². The largest absolute Gasteiger partial charge is 0.494 e. The Labute approximate surface area is 235 Å². The van der Waals surface area contributed by atoms with E-state index in [2.05, 4.69) is 10.6 Å². The zero-order valence-electron chi connectivity index (χ0n) is 21.8. The number of rotatable bonds is 11. The van der Waals surface area contributed by atoms with E-state index >= 15 is 0 Å². The summed E-state index contributed by atoms with van der Waals surface area (Å²) in [6, 6.07) is 20.7. The van der Waals surface area contributed by atoms with Gasteiger partial charge >= 0.3 is 0 Å². The Kier molecular flexibility index (Phi) is 9.42. The first-order valence-corrected chi connectivity index (χ1v) is 13.1. The maximum Gasteiger partial charge on any atom is 0.294 e. The van der Waals surface area contributed by atoms with Gasteiger partial charge in [0, 0.05) is 11.4 Å². The standard InChI is InChI=1S/C29H27N3O7S/c1-3-38-22-12-10-21(11-13-22)30-26(33)17-32-28(35)25(40-29(32)36)16-19-9-14-23(24(15-19)37-2)39-18-27(34)31-20-7-5-4-6-8-20/h4-16H,3,17-18H2,1-2H3,(H,30,33)(H,31,34)/b25-16+. The minimum absolute atomic E-state index is 0.164. The summed E-state index contributed by atoms with van der Waals surface area (Å²) in [5.74, 6) is -0.0722. The molecule has 0 aromatic heterocycles. The number of ether oxygens (including phenoxy) is 3. The maximum absolute atomic E-state index is 12.9. The van der Waals surface area contributed by atoms with Gasteiger partial charge in [-0.25, -0.2) is 0 Å². The predicted molar refractivity (Wildman–Crippen MR) is 152 cm³/mol. The third-order valence-electron chi connectivity index (χ3n) is 5.53. The molecule has 40 heavy (non-hydrogen) atoms. The van der Waals surface area contributed by atoms with Gasteiger partial charge in [-0.1, -0.05) is 24.3 Å². The van der Waals surface area contributed by atoms with Crippen LogP contribution in [0.5, 0.6) is 17.2 Å². The minimum Gasteiger partial charge on any atom is -0.494 e. The van der Waals surface area contributed by atoms with Gasteiger partial charge < -0.3 is 24.8 Å². The van der Waals surface area contributed by atoms with Gasteiger partial charge in [-0.05, 0) is 78.9 Å². The van der Waals surface area contributed by atoms with Gasteiger partial charge in [-0.3, -0.25) is 24.1 Å². The first-order valence-electron chi connectivity index (χ1n) is 12.3. The number of methoxy groups -OCH3 is 1. The molecule has 4 rings (SSSR count). The summed E-state index contributed by atoms with van der Waals surface area (Å²) < 4.78 is 16.4. The number of imide groups is 1. The Morgan fingerprint density at radius 3 is 2.27 bits per heavy atom. The van der Waals surface area contributed by atoms with E-state index in [4.69, 9.17) is 14.2 Å². The molecule has 11 heteroatoms. The Hall–Kier alpha value is -4.77. The number of anilines is 2. The molecular weight excluding hydrogens is 534 g/mol. The second-order valence-electron chi connectivity index (χ2n) is 8.39. The summed E-state index contributed by atoms with van der Waals surface area (Å²) in [4.78, 5) is 51.1. The summed E-state index contributed by atoms with van der Waals surface area (Å²) >= 11 is 0.742. The lowest BCUT2D eigenvalue weighted by atomic mass is 10.2. The molecule has 10 nitrogen and oxygen atoms in total. The number of nitrogens with one attached hydrogen (secondary N) is 2. The van der Waals surface area contributed by atoms with Crippen LogP contribution in [0, 0.1) is 0 Å². The van der Waals surface area contributed by atoms with E-state index in [-0.39, 0.29) is 17.4 Å². The quantitative estimate of drug-likeness (QED) is 0.321. The van der Waals surface area contributed by atoms with Crippen molar-refractivity contribution in [2.45, 2.75) is 6.92 Å². The summed E-state index contributed by atoms with van der Waals surface area (Å²) in [5.41, 5.74) is 1.74. The first-order chi connectivity index (χ1) is 19.4. The number of carbonyl (C=O) groups is 4. The molecular formula is C29H27N3O7S. The fourth-order valence-corrected chi connectivity index (χ4v) is 4.53. The molecule has 4 amide bonds. The number of thioether (sulfide) groups is 1. The number of hydrogen-bond acceptors (Lipinski definition) is 8. The van der Waals surface area contributed by atoms with Crippen molar-refractivity contribution in [3.63, 3.8) is 0 Å². The van der Waals surface area contributed by atoms with Crippen molar-refractivity contribution in [1.29, 1.82) is 0 Å². The van der Waals surface area contributed by atoms with Crippen LogP contribution in [0.25, 0.3) is 6.08 Å². The van der Waals surface area contributed by atoms with Gasteiger partial charge in [0.05, 0.1) is 18.6 Å². The second kappa shape index (κ2) is 13.3. The minimum atomic E-state index is -0.575. The fraction of sp³-hybridized carbons (Fsp3) is 0.172. The molecule has 1 aliphatic rings. The Morgan fingerprint density at radius 2 is 1.57 bits per heavy atom. The van der Waals surface area contributed by atoms with Gasteiger partial charge in [0.2, 0.25) is 5.91 Å². The lowest BCUT2D eigenvalue weighted by Crippen LogP contribution is -2.36. The van der Waals surface area contributed by atoms with Crippen LogP contribution in [0.2, 0.25) is 0 Å². The molecule has 3 aromatic carbocycles. The monoisotopic (exact) mass is 561 g/mol. The van der Waals surface area contributed by atoms with Crippen LogP contribution in [0.15, 0.2) is 77.7 Å². The number of para-hydroxylation sites is 1.